The number of methoxy groups -OCH3 is 3. The SMILES string of the molecule is COc1cc(NC(=O)N2CCCNC(=O)C2)cc(OC)c1OC. The number of amides is 3. The number of urea groups is 1. The largest absolute Gasteiger partial charge is 0.493 e. The van der Waals surface area contributed by atoms with Crippen LogP contribution < -0.4 is 24.8 Å². The smallest absolute Gasteiger partial charge is 0.322 e. The Morgan fingerprint density at radius 2 is 1.83 bits per heavy atom. The number of hydrogen-bond acceptors (Lipinski definition) is 5. The lowest BCUT2D eigenvalue weighted by atomic mass is 10.2. The van der Waals surface area contributed by atoms with E-state index in [1.807, 2.05) is 0 Å². The van der Waals surface area contributed by atoms with Crippen LogP contribution in [0, 0.1) is 0 Å². The first-order valence-electron chi connectivity index (χ1n) is 7.21. The van der Waals surface area contributed by atoms with Crippen molar-refractivity contribution in [3.8, 4) is 17.2 Å². The zero-order valence-corrected chi connectivity index (χ0v) is 13.5. The normalized spacial score (nSPS) is 14.6. The lowest BCUT2D eigenvalue weighted by molar-refractivity contribution is -0.120. The molecule has 1 fully saturated rings. The van der Waals surface area contributed by atoms with Gasteiger partial charge >= 0.3 is 6.03 Å². The Morgan fingerprint density at radius 3 is 2.39 bits per heavy atom. The summed E-state index contributed by atoms with van der Waals surface area (Å²) in [5.74, 6) is 1.16. The van der Waals surface area contributed by atoms with Gasteiger partial charge in [0, 0.05) is 25.2 Å². The highest BCUT2D eigenvalue weighted by atomic mass is 16.5. The maximum absolute atomic E-state index is 12.3. The third-order valence-electron chi connectivity index (χ3n) is 3.46. The van der Waals surface area contributed by atoms with Gasteiger partial charge in [0.1, 0.15) is 6.54 Å². The van der Waals surface area contributed by atoms with E-state index in [4.69, 9.17) is 14.2 Å². The highest BCUT2D eigenvalue weighted by molar-refractivity contribution is 5.93. The maximum atomic E-state index is 12.3. The lowest BCUT2D eigenvalue weighted by Gasteiger charge is -2.20. The number of nitrogens with one attached hydrogen (secondary N) is 2. The molecule has 1 aromatic rings. The second kappa shape index (κ2) is 7.57. The van der Waals surface area contributed by atoms with Gasteiger partial charge in [-0.05, 0) is 6.42 Å². The summed E-state index contributed by atoms with van der Waals surface area (Å²) in [4.78, 5) is 25.4. The molecule has 8 nitrogen and oxygen atoms in total. The molecule has 23 heavy (non-hydrogen) atoms. The molecular weight excluding hydrogens is 302 g/mol. The Hall–Kier alpha value is -2.64. The highest BCUT2D eigenvalue weighted by Gasteiger charge is 2.21. The fourth-order valence-electron chi connectivity index (χ4n) is 2.34. The van der Waals surface area contributed by atoms with E-state index in [0.29, 0.717) is 42.4 Å². The first kappa shape index (κ1) is 16.7. The quantitative estimate of drug-likeness (QED) is 0.865. The van der Waals surface area contributed by atoms with Gasteiger partial charge in [-0.1, -0.05) is 0 Å². The summed E-state index contributed by atoms with van der Waals surface area (Å²) in [6, 6.07) is 2.92. The summed E-state index contributed by atoms with van der Waals surface area (Å²) in [6.07, 6.45) is 0.717. The lowest BCUT2D eigenvalue weighted by Crippen LogP contribution is -2.39. The van der Waals surface area contributed by atoms with Crippen LogP contribution in [0.1, 0.15) is 6.42 Å². The minimum Gasteiger partial charge on any atom is -0.493 e. The van der Waals surface area contributed by atoms with Gasteiger partial charge < -0.3 is 29.7 Å². The van der Waals surface area contributed by atoms with Crippen molar-refractivity contribution in [3.63, 3.8) is 0 Å². The van der Waals surface area contributed by atoms with E-state index in [-0.39, 0.29) is 18.5 Å². The second-order valence-corrected chi connectivity index (χ2v) is 4.97. The third kappa shape index (κ3) is 3.97. The molecule has 3 amide bonds. The average molecular weight is 323 g/mol. The Labute approximate surface area is 134 Å². The second-order valence-electron chi connectivity index (χ2n) is 4.97. The molecule has 1 aliphatic rings. The zero-order valence-electron chi connectivity index (χ0n) is 13.5. The molecule has 8 heteroatoms. The number of carbonyl (C=O) groups excluding carboxylic acids is 2. The van der Waals surface area contributed by atoms with Gasteiger partial charge in [-0.2, -0.15) is 0 Å². The summed E-state index contributed by atoms with van der Waals surface area (Å²) >= 11 is 0. The molecule has 0 aliphatic carbocycles. The maximum Gasteiger partial charge on any atom is 0.322 e. The Bertz CT molecular complexity index is 565. The Kier molecular flexibility index (Phi) is 5.51. The van der Waals surface area contributed by atoms with Gasteiger partial charge in [0.05, 0.1) is 27.0 Å². The van der Waals surface area contributed by atoms with Crippen molar-refractivity contribution in [3.05, 3.63) is 12.1 Å². The molecule has 1 saturated heterocycles. The van der Waals surface area contributed by atoms with E-state index in [2.05, 4.69) is 10.6 Å². The molecule has 126 valence electrons. The van der Waals surface area contributed by atoms with Crippen molar-refractivity contribution in [1.82, 2.24) is 10.2 Å². The molecule has 2 rings (SSSR count). The molecule has 2 N–H and O–H groups in total. The Morgan fingerprint density at radius 1 is 1.17 bits per heavy atom. The van der Waals surface area contributed by atoms with Crippen molar-refractivity contribution >= 4 is 17.6 Å². The van der Waals surface area contributed by atoms with E-state index in [0.717, 1.165) is 0 Å². The third-order valence-corrected chi connectivity index (χ3v) is 3.46. The van der Waals surface area contributed by atoms with Crippen LogP contribution in [0.2, 0.25) is 0 Å². The Balaban J connectivity index is 2.18. The fourth-order valence-corrected chi connectivity index (χ4v) is 2.34. The van der Waals surface area contributed by atoms with Crippen molar-refractivity contribution in [2.75, 3.05) is 46.3 Å². The van der Waals surface area contributed by atoms with E-state index in [9.17, 15) is 9.59 Å². The molecule has 0 unspecified atom stereocenters. The summed E-state index contributed by atoms with van der Waals surface area (Å²) < 4.78 is 15.7. The van der Waals surface area contributed by atoms with E-state index >= 15 is 0 Å². The summed E-state index contributed by atoms with van der Waals surface area (Å²) in [5.41, 5.74) is 0.495. The molecule has 0 bridgehead atoms. The molecule has 1 aliphatic heterocycles. The standard InChI is InChI=1S/C15H21N3O5/c1-21-11-7-10(8-12(22-2)14(11)23-3)17-15(20)18-6-4-5-16-13(19)9-18/h7-8H,4-6,9H2,1-3H3,(H,16,19)(H,17,20). The first-order valence-corrected chi connectivity index (χ1v) is 7.21. The molecule has 0 atom stereocenters. The molecule has 0 aromatic heterocycles. The minimum absolute atomic E-state index is 0.0380. The summed E-state index contributed by atoms with van der Waals surface area (Å²) in [5, 5.41) is 5.48. The van der Waals surface area contributed by atoms with Crippen molar-refractivity contribution in [2.45, 2.75) is 6.42 Å². The topological polar surface area (TPSA) is 89.1 Å². The van der Waals surface area contributed by atoms with E-state index < -0.39 is 0 Å². The van der Waals surface area contributed by atoms with Crippen LogP contribution in [-0.2, 0) is 4.79 Å². The fraction of sp³-hybridized carbons (Fsp3) is 0.467. The van der Waals surface area contributed by atoms with Gasteiger partial charge in [0.25, 0.3) is 0 Å². The van der Waals surface area contributed by atoms with E-state index in [1.165, 1.54) is 26.2 Å². The number of anilines is 1. The number of nitrogens with zero attached hydrogens (tertiary/aromatic N) is 1. The summed E-state index contributed by atoms with van der Waals surface area (Å²) in [7, 11) is 4.51. The number of ether oxygens (including phenoxy) is 3. The number of hydrogen-bond donors (Lipinski definition) is 2. The van der Waals surface area contributed by atoms with Crippen LogP contribution in [0.25, 0.3) is 0 Å². The van der Waals surface area contributed by atoms with Crippen LogP contribution >= 0.6 is 0 Å². The predicted octanol–water partition coefficient (Wildman–Crippen LogP) is 1.07. The van der Waals surface area contributed by atoms with Gasteiger partial charge in [-0.3, -0.25) is 4.79 Å². The predicted molar refractivity (Wildman–Crippen MR) is 84.3 cm³/mol. The van der Waals surface area contributed by atoms with Gasteiger partial charge in [0.2, 0.25) is 11.7 Å². The summed E-state index contributed by atoms with van der Waals surface area (Å²) in [6.45, 7) is 1.12. The van der Waals surface area contributed by atoms with Crippen LogP contribution in [-0.4, -0.2) is 57.8 Å². The average Bonchev–Trinajstić information content (AvgIpc) is 2.78. The zero-order chi connectivity index (χ0) is 16.8. The van der Waals surface area contributed by atoms with Crippen LogP contribution in [0.3, 0.4) is 0 Å². The molecule has 0 saturated carbocycles. The van der Waals surface area contributed by atoms with Crippen LogP contribution in [0.4, 0.5) is 10.5 Å². The molecule has 1 heterocycles. The first-order chi connectivity index (χ1) is 11.1. The highest BCUT2D eigenvalue weighted by Crippen LogP contribution is 2.39. The molecular formula is C15H21N3O5. The number of benzene rings is 1. The van der Waals surface area contributed by atoms with Crippen molar-refractivity contribution in [1.29, 1.82) is 0 Å². The number of carbonyl (C=O) groups is 2. The van der Waals surface area contributed by atoms with Gasteiger partial charge in [0.15, 0.2) is 11.5 Å². The van der Waals surface area contributed by atoms with Crippen molar-refractivity contribution < 1.29 is 23.8 Å². The van der Waals surface area contributed by atoms with Gasteiger partial charge in [-0.25, -0.2) is 4.79 Å². The van der Waals surface area contributed by atoms with E-state index in [1.54, 1.807) is 12.1 Å². The molecule has 1 aromatic carbocycles. The van der Waals surface area contributed by atoms with Crippen LogP contribution in [0.5, 0.6) is 17.2 Å². The molecule has 0 radical (unpaired) electrons. The minimum atomic E-state index is -0.351. The van der Waals surface area contributed by atoms with Crippen LogP contribution in [0.15, 0.2) is 12.1 Å². The monoisotopic (exact) mass is 323 g/mol. The van der Waals surface area contributed by atoms with Gasteiger partial charge in [-0.15, -0.1) is 0 Å². The van der Waals surface area contributed by atoms with Crippen molar-refractivity contribution in [2.24, 2.45) is 0 Å². The molecule has 0 spiro atoms. The number of rotatable bonds is 4.